The Bertz CT molecular complexity index is 711. The van der Waals surface area contributed by atoms with E-state index in [1.165, 1.54) is 4.85 Å². The Balaban J connectivity index is 1.81. The highest BCUT2D eigenvalue weighted by atomic mass is 79.9. The smallest absolute Gasteiger partial charge is 0.142 e. The van der Waals surface area contributed by atoms with Crippen molar-refractivity contribution in [3.8, 4) is 0 Å². The maximum atomic E-state index is 5.95. The van der Waals surface area contributed by atoms with Crippen LogP contribution in [-0.2, 0) is 6.61 Å². The van der Waals surface area contributed by atoms with E-state index in [-0.39, 0.29) is 0 Å². The molecular weight excluding hydrogens is 330 g/mol. The highest BCUT2D eigenvalue weighted by molar-refractivity contribution is 9.10. The molecule has 4 nitrogen and oxygen atoms in total. The molecule has 3 aromatic rings. The van der Waals surface area contributed by atoms with Crippen LogP contribution in [0.25, 0.3) is 11.0 Å². The zero-order valence-corrected chi connectivity index (χ0v) is 12.1. The molecular formula is C13H9BrClN3O. The highest BCUT2D eigenvalue weighted by Gasteiger charge is 2.06. The first-order chi connectivity index (χ1) is 9.22. The first-order valence-corrected chi connectivity index (χ1v) is 6.78. The van der Waals surface area contributed by atoms with Gasteiger partial charge in [0.15, 0.2) is 0 Å². The van der Waals surface area contributed by atoms with Crippen LogP contribution in [0.3, 0.4) is 0 Å². The lowest BCUT2D eigenvalue weighted by Crippen LogP contribution is -2.12. The number of hydrogen-bond donors (Lipinski definition) is 0. The molecule has 0 N–H and O–H groups in total. The third-order valence-electron chi connectivity index (χ3n) is 2.64. The molecule has 19 heavy (non-hydrogen) atoms. The van der Waals surface area contributed by atoms with Gasteiger partial charge in [0.1, 0.15) is 17.6 Å². The molecule has 3 rings (SSSR count). The van der Waals surface area contributed by atoms with Crippen LogP contribution < -0.4 is 4.84 Å². The Morgan fingerprint density at radius 2 is 1.95 bits per heavy atom. The van der Waals surface area contributed by atoms with Crippen molar-refractivity contribution in [1.82, 2.24) is 15.2 Å². The minimum absolute atomic E-state index is 0.415. The fraction of sp³-hybridized carbons (Fsp3) is 0.0769. The molecule has 0 unspecified atom stereocenters. The molecule has 0 atom stereocenters. The first-order valence-electron chi connectivity index (χ1n) is 5.61. The molecule has 0 saturated carbocycles. The Hall–Kier alpha value is -1.59. The lowest BCUT2D eigenvalue weighted by atomic mass is 10.2. The van der Waals surface area contributed by atoms with E-state index in [9.17, 15) is 0 Å². The van der Waals surface area contributed by atoms with Gasteiger partial charge >= 0.3 is 0 Å². The lowest BCUT2D eigenvalue weighted by Gasteiger charge is -2.05. The standard InChI is InChI=1S/C13H9BrClN3O/c14-10-3-1-9(2-4-10)8-19-18-13-7-11(15)5-6-12(13)16-17-18/h1-7H,8H2. The van der Waals surface area contributed by atoms with E-state index in [4.69, 9.17) is 16.4 Å². The van der Waals surface area contributed by atoms with Crippen molar-refractivity contribution >= 4 is 38.6 Å². The van der Waals surface area contributed by atoms with Gasteiger partial charge in [0.05, 0.1) is 0 Å². The van der Waals surface area contributed by atoms with E-state index in [2.05, 4.69) is 26.2 Å². The average Bonchev–Trinajstić information content (AvgIpc) is 2.80. The Kier molecular flexibility index (Phi) is 3.40. The summed E-state index contributed by atoms with van der Waals surface area (Å²) < 4.78 is 1.04. The molecule has 0 aliphatic heterocycles. The molecule has 1 heterocycles. The fourth-order valence-corrected chi connectivity index (χ4v) is 2.11. The van der Waals surface area contributed by atoms with Crippen LogP contribution >= 0.6 is 27.5 Å². The van der Waals surface area contributed by atoms with Gasteiger partial charge < -0.3 is 4.84 Å². The fourth-order valence-electron chi connectivity index (χ4n) is 1.68. The van der Waals surface area contributed by atoms with Crippen molar-refractivity contribution in [2.75, 3.05) is 0 Å². The summed E-state index contributed by atoms with van der Waals surface area (Å²) in [5.74, 6) is 0. The summed E-state index contributed by atoms with van der Waals surface area (Å²) in [7, 11) is 0. The quantitative estimate of drug-likeness (QED) is 0.734. The van der Waals surface area contributed by atoms with Gasteiger partial charge in [-0.1, -0.05) is 44.5 Å². The second-order valence-electron chi connectivity index (χ2n) is 4.00. The second kappa shape index (κ2) is 5.19. The van der Waals surface area contributed by atoms with Crippen molar-refractivity contribution in [2.45, 2.75) is 6.61 Å². The van der Waals surface area contributed by atoms with E-state index in [1.807, 2.05) is 30.3 Å². The third-order valence-corrected chi connectivity index (χ3v) is 3.41. The topological polar surface area (TPSA) is 39.9 Å². The van der Waals surface area contributed by atoms with Crippen LogP contribution in [-0.4, -0.2) is 15.2 Å². The van der Waals surface area contributed by atoms with Crippen molar-refractivity contribution < 1.29 is 4.84 Å². The average molecular weight is 339 g/mol. The van der Waals surface area contributed by atoms with E-state index in [1.54, 1.807) is 12.1 Å². The summed E-state index contributed by atoms with van der Waals surface area (Å²) in [4.78, 5) is 7.00. The molecule has 0 bridgehead atoms. The second-order valence-corrected chi connectivity index (χ2v) is 5.35. The summed E-state index contributed by atoms with van der Waals surface area (Å²) in [5.41, 5.74) is 2.55. The van der Waals surface area contributed by atoms with Crippen molar-refractivity contribution in [3.05, 3.63) is 57.5 Å². The SMILES string of the molecule is Clc1ccc2nnn(OCc3ccc(Br)cc3)c2c1. The van der Waals surface area contributed by atoms with Crippen LogP contribution in [0.1, 0.15) is 5.56 Å². The minimum Gasteiger partial charge on any atom is -0.390 e. The molecule has 0 fully saturated rings. The van der Waals surface area contributed by atoms with Gasteiger partial charge in [-0.2, -0.15) is 0 Å². The van der Waals surface area contributed by atoms with Crippen molar-refractivity contribution in [2.24, 2.45) is 0 Å². The van der Waals surface area contributed by atoms with Gasteiger partial charge in [-0.3, -0.25) is 0 Å². The normalized spacial score (nSPS) is 10.8. The summed E-state index contributed by atoms with van der Waals surface area (Å²) >= 11 is 9.35. The monoisotopic (exact) mass is 337 g/mol. The predicted molar refractivity (Wildman–Crippen MR) is 77.0 cm³/mol. The Morgan fingerprint density at radius 1 is 1.16 bits per heavy atom. The Morgan fingerprint density at radius 3 is 2.74 bits per heavy atom. The first kappa shape index (κ1) is 12.4. The van der Waals surface area contributed by atoms with Crippen LogP contribution in [0.5, 0.6) is 0 Å². The van der Waals surface area contributed by atoms with E-state index in [0.717, 1.165) is 21.1 Å². The van der Waals surface area contributed by atoms with E-state index in [0.29, 0.717) is 11.6 Å². The molecule has 0 aliphatic rings. The third kappa shape index (κ3) is 2.72. The van der Waals surface area contributed by atoms with Gasteiger partial charge in [-0.15, -0.1) is 5.10 Å². The molecule has 96 valence electrons. The number of nitrogens with zero attached hydrogens (tertiary/aromatic N) is 3. The van der Waals surface area contributed by atoms with Gasteiger partial charge in [-0.05, 0) is 41.1 Å². The molecule has 1 aromatic heterocycles. The number of rotatable bonds is 3. The maximum Gasteiger partial charge on any atom is 0.142 e. The molecule has 0 aliphatic carbocycles. The van der Waals surface area contributed by atoms with E-state index >= 15 is 0 Å². The molecule has 2 aromatic carbocycles. The number of aromatic nitrogens is 3. The molecule has 0 saturated heterocycles. The van der Waals surface area contributed by atoms with Gasteiger partial charge in [0, 0.05) is 9.50 Å². The number of hydrogen-bond acceptors (Lipinski definition) is 3. The van der Waals surface area contributed by atoms with Gasteiger partial charge in [0.25, 0.3) is 0 Å². The van der Waals surface area contributed by atoms with E-state index < -0.39 is 0 Å². The number of halogens is 2. The lowest BCUT2D eigenvalue weighted by molar-refractivity contribution is 0.0751. The molecule has 0 radical (unpaired) electrons. The Labute approximate surface area is 123 Å². The molecule has 6 heteroatoms. The number of fused-ring (bicyclic) bond motifs is 1. The molecule has 0 spiro atoms. The zero-order valence-electron chi connectivity index (χ0n) is 9.75. The summed E-state index contributed by atoms with van der Waals surface area (Å²) in [6.07, 6.45) is 0. The van der Waals surface area contributed by atoms with Crippen LogP contribution in [0.15, 0.2) is 46.9 Å². The zero-order chi connectivity index (χ0) is 13.2. The summed E-state index contributed by atoms with van der Waals surface area (Å²) in [6, 6.07) is 13.3. The minimum atomic E-state index is 0.415. The summed E-state index contributed by atoms with van der Waals surface area (Å²) in [6.45, 7) is 0.415. The van der Waals surface area contributed by atoms with Crippen LogP contribution in [0, 0.1) is 0 Å². The highest BCUT2D eigenvalue weighted by Crippen LogP contribution is 2.17. The van der Waals surface area contributed by atoms with Gasteiger partial charge in [-0.25, -0.2) is 0 Å². The maximum absolute atomic E-state index is 5.95. The molecule has 0 amide bonds. The van der Waals surface area contributed by atoms with Crippen molar-refractivity contribution in [3.63, 3.8) is 0 Å². The predicted octanol–water partition coefficient (Wildman–Crippen LogP) is 3.48. The number of benzene rings is 2. The van der Waals surface area contributed by atoms with Gasteiger partial charge in [0.2, 0.25) is 0 Å². The summed E-state index contributed by atoms with van der Waals surface area (Å²) in [5, 5.41) is 8.58. The van der Waals surface area contributed by atoms with Crippen molar-refractivity contribution in [1.29, 1.82) is 0 Å². The van der Waals surface area contributed by atoms with Crippen LogP contribution in [0.4, 0.5) is 0 Å². The largest absolute Gasteiger partial charge is 0.390 e. The van der Waals surface area contributed by atoms with Crippen LogP contribution in [0.2, 0.25) is 5.02 Å².